The number of halogens is 1. The van der Waals surface area contributed by atoms with Crippen molar-refractivity contribution in [1.82, 2.24) is 9.78 Å². The van der Waals surface area contributed by atoms with Crippen LogP contribution in [0.15, 0.2) is 54.6 Å². The van der Waals surface area contributed by atoms with E-state index in [-0.39, 0.29) is 12.4 Å². The second-order valence-corrected chi connectivity index (χ2v) is 8.94. The Kier molecular flexibility index (Phi) is 7.68. The van der Waals surface area contributed by atoms with Crippen LogP contribution in [0.2, 0.25) is 0 Å². The number of aromatic nitrogens is 2. The van der Waals surface area contributed by atoms with Crippen LogP contribution < -0.4 is 0 Å². The molecule has 1 aliphatic carbocycles. The predicted molar refractivity (Wildman–Crippen MR) is 126 cm³/mol. The molecule has 33 heavy (non-hydrogen) atoms. The fourth-order valence-electron chi connectivity index (χ4n) is 4.70. The van der Waals surface area contributed by atoms with E-state index in [2.05, 4.69) is 23.7 Å². The van der Waals surface area contributed by atoms with Crippen LogP contribution in [0.4, 0.5) is 4.39 Å². The molecule has 1 fully saturated rings. The van der Waals surface area contributed by atoms with Crippen molar-refractivity contribution in [2.24, 2.45) is 11.8 Å². The first kappa shape index (κ1) is 23.3. The largest absolute Gasteiger partial charge is 0.393 e. The number of hydrogen-bond donors (Lipinski definition) is 1. The molecule has 2 aromatic carbocycles. The Morgan fingerprint density at radius 2 is 1.73 bits per heavy atom. The molecule has 0 amide bonds. The maximum Gasteiger partial charge on any atom is 0.151 e. The first-order valence-electron chi connectivity index (χ1n) is 11.7. The molecule has 6 heteroatoms. The Balaban J connectivity index is 1.50. The predicted octanol–water partition coefficient (Wildman–Crippen LogP) is 5.05. The Morgan fingerprint density at radius 3 is 2.36 bits per heavy atom. The summed E-state index contributed by atoms with van der Waals surface area (Å²) in [6.45, 7) is 3.18. The van der Waals surface area contributed by atoms with Crippen LogP contribution in [0.25, 0.3) is 22.4 Å². The molecule has 1 heterocycles. The SMILES string of the molecule is Cc1c(-c2ccc(F)cc2)c(-c2ccccc2)nn1CC1CCC(COC(C=O)CO)CC1. The second kappa shape index (κ2) is 10.9. The maximum absolute atomic E-state index is 13.6. The van der Waals surface area contributed by atoms with Gasteiger partial charge in [-0.15, -0.1) is 0 Å². The summed E-state index contributed by atoms with van der Waals surface area (Å²) in [5.41, 5.74) is 5.07. The molecular weight excluding hydrogens is 419 g/mol. The van der Waals surface area contributed by atoms with E-state index in [1.165, 1.54) is 12.1 Å². The molecule has 0 bridgehead atoms. The topological polar surface area (TPSA) is 64.4 Å². The normalized spacial score (nSPS) is 19.4. The van der Waals surface area contributed by atoms with E-state index < -0.39 is 6.10 Å². The summed E-state index contributed by atoms with van der Waals surface area (Å²) in [6, 6.07) is 16.8. The molecule has 0 radical (unpaired) electrons. The lowest BCUT2D eigenvalue weighted by Crippen LogP contribution is -2.26. The standard InChI is InChI=1S/C27H31FN2O3/c1-19-26(22-11-13-24(28)14-12-22)27(23-5-3-2-4-6-23)29-30(19)15-20-7-9-21(10-8-20)18-33-25(16-31)17-32/h2-6,11-14,16,20-21,25,32H,7-10,15,17-18H2,1H3. The van der Waals surface area contributed by atoms with Crippen molar-refractivity contribution >= 4 is 6.29 Å². The summed E-state index contributed by atoms with van der Waals surface area (Å²) >= 11 is 0. The summed E-state index contributed by atoms with van der Waals surface area (Å²) < 4.78 is 21.2. The summed E-state index contributed by atoms with van der Waals surface area (Å²) in [4.78, 5) is 10.8. The number of nitrogens with zero attached hydrogens (tertiary/aromatic N) is 2. The van der Waals surface area contributed by atoms with Crippen molar-refractivity contribution in [2.45, 2.75) is 45.3 Å². The van der Waals surface area contributed by atoms with E-state index in [1.807, 2.05) is 30.3 Å². The smallest absolute Gasteiger partial charge is 0.151 e. The number of benzene rings is 2. The van der Waals surface area contributed by atoms with Crippen LogP contribution in [-0.4, -0.2) is 40.5 Å². The number of aliphatic hydroxyl groups is 1. The van der Waals surface area contributed by atoms with Crippen molar-refractivity contribution in [1.29, 1.82) is 0 Å². The number of carbonyl (C=O) groups is 1. The summed E-state index contributed by atoms with van der Waals surface area (Å²) in [7, 11) is 0. The van der Waals surface area contributed by atoms with E-state index in [0.29, 0.717) is 24.7 Å². The molecule has 1 N–H and O–H groups in total. The molecule has 1 atom stereocenters. The van der Waals surface area contributed by atoms with Gasteiger partial charge in [0.15, 0.2) is 6.29 Å². The van der Waals surface area contributed by atoms with Crippen molar-refractivity contribution in [3.8, 4) is 22.4 Å². The van der Waals surface area contributed by atoms with Crippen molar-refractivity contribution in [3.63, 3.8) is 0 Å². The fourth-order valence-corrected chi connectivity index (χ4v) is 4.70. The number of aldehydes is 1. The van der Waals surface area contributed by atoms with Crippen LogP contribution in [0, 0.1) is 24.6 Å². The third-order valence-corrected chi connectivity index (χ3v) is 6.66. The minimum Gasteiger partial charge on any atom is -0.393 e. The number of aliphatic hydroxyl groups excluding tert-OH is 1. The van der Waals surface area contributed by atoms with Gasteiger partial charge < -0.3 is 14.6 Å². The molecule has 1 unspecified atom stereocenters. The highest BCUT2D eigenvalue weighted by atomic mass is 19.1. The van der Waals surface area contributed by atoms with Gasteiger partial charge in [-0.2, -0.15) is 5.10 Å². The zero-order valence-corrected chi connectivity index (χ0v) is 19.0. The lowest BCUT2D eigenvalue weighted by atomic mass is 9.82. The molecule has 1 aromatic heterocycles. The third-order valence-electron chi connectivity index (χ3n) is 6.66. The molecule has 0 aliphatic heterocycles. The van der Waals surface area contributed by atoms with Gasteiger partial charge in [-0.1, -0.05) is 42.5 Å². The molecule has 174 valence electrons. The van der Waals surface area contributed by atoms with E-state index in [9.17, 15) is 9.18 Å². The highest BCUT2D eigenvalue weighted by molar-refractivity contribution is 5.82. The van der Waals surface area contributed by atoms with E-state index in [4.69, 9.17) is 14.9 Å². The van der Waals surface area contributed by atoms with Gasteiger partial charge >= 0.3 is 0 Å². The quantitative estimate of drug-likeness (QED) is 0.464. The van der Waals surface area contributed by atoms with Crippen LogP contribution in [0.3, 0.4) is 0 Å². The van der Waals surface area contributed by atoms with E-state index >= 15 is 0 Å². The highest BCUT2D eigenvalue weighted by Crippen LogP contribution is 2.36. The Hall–Kier alpha value is -2.83. The number of rotatable bonds is 9. The van der Waals surface area contributed by atoms with Gasteiger partial charge in [-0.05, 0) is 62.1 Å². The van der Waals surface area contributed by atoms with Gasteiger partial charge in [-0.3, -0.25) is 4.68 Å². The second-order valence-electron chi connectivity index (χ2n) is 8.94. The number of hydrogen-bond acceptors (Lipinski definition) is 4. The Morgan fingerprint density at radius 1 is 1.06 bits per heavy atom. The summed E-state index contributed by atoms with van der Waals surface area (Å²) in [6.07, 6.45) is 4.18. The van der Waals surface area contributed by atoms with Crippen molar-refractivity contribution in [3.05, 3.63) is 66.1 Å². The zero-order chi connectivity index (χ0) is 23.2. The lowest BCUT2D eigenvalue weighted by molar-refractivity contribution is -0.121. The third kappa shape index (κ3) is 5.57. The van der Waals surface area contributed by atoms with Gasteiger partial charge in [0.2, 0.25) is 0 Å². The van der Waals surface area contributed by atoms with E-state index in [1.54, 1.807) is 0 Å². The van der Waals surface area contributed by atoms with Crippen LogP contribution in [-0.2, 0) is 16.1 Å². The Bertz CT molecular complexity index is 1040. The lowest BCUT2D eigenvalue weighted by Gasteiger charge is -2.29. The molecular formula is C27H31FN2O3. The average Bonchev–Trinajstić information content (AvgIpc) is 3.17. The minimum atomic E-state index is -0.712. The maximum atomic E-state index is 13.6. The van der Waals surface area contributed by atoms with E-state index in [0.717, 1.165) is 60.3 Å². The van der Waals surface area contributed by atoms with Crippen molar-refractivity contribution in [2.75, 3.05) is 13.2 Å². The summed E-state index contributed by atoms with van der Waals surface area (Å²) in [5, 5.41) is 14.1. The molecule has 5 nitrogen and oxygen atoms in total. The van der Waals surface area contributed by atoms with Crippen LogP contribution in [0.1, 0.15) is 31.4 Å². The monoisotopic (exact) mass is 450 g/mol. The summed E-state index contributed by atoms with van der Waals surface area (Å²) in [5.74, 6) is 0.692. The van der Waals surface area contributed by atoms with Crippen molar-refractivity contribution < 1.29 is 19.0 Å². The molecule has 1 saturated carbocycles. The van der Waals surface area contributed by atoms with Gasteiger partial charge in [-0.25, -0.2) is 4.39 Å². The van der Waals surface area contributed by atoms with Crippen LogP contribution in [0.5, 0.6) is 0 Å². The first-order valence-corrected chi connectivity index (χ1v) is 11.7. The molecule has 0 saturated heterocycles. The van der Waals surface area contributed by atoms with Gasteiger partial charge in [0.05, 0.1) is 13.2 Å². The molecule has 0 spiro atoms. The molecule has 4 rings (SSSR count). The van der Waals surface area contributed by atoms with Gasteiger partial charge in [0, 0.05) is 23.4 Å². The van der Waals surface area contributed by atoms with Crippen LogP contribution >= 0.6 is 0 Å². The highest BCUT2D eigenvalue weighted by Gasteiger charge is 2.25. The average molecular weight is 451 g/mol. The first-order chi connectivity index (χ1) is 16.1. The zero-order valence-electron chi connectivity index (χ0n) is 19.0. The fraction of sp³-hybridized carbons (Fsp3) is 0.407. The number of carbonyl (C=O) groups excluding carboxylic acids is 1. The van der Waals surface area contributed by atoms with Gasteiger partial charge in [0.1, 0.15) is 17.6 Å². The molecule has 3 aromatic rings. The number of ether oxygens (including phenoxy) is 1. The molecule has 1 aliphatic rings. The Labute approximate surface area is 194 Å². The minimum absolute atomic E-state index is 0.246. The van der Waals surface area contributed by atoms with Gasteiger partial charge in [0.25, 0.3) is 0 Å².